The predicted octanol–water partition coefficient (Wildman–Crippen LogP) is -1.25. The first kappa shape index (κ1) is 12.9. The molecule has 1 aliphatic rings. The van der Waals surface area contributed by atoms with Crippen molar-refractivity contribution in [3.63, 3.8) is 0 Å². The lowest BCUT2D eigenvalue weighted by Crippen LogP contribution is -2.50. The fraction of sp³-hybridized carbons (Fsp3) is 0.800. The summed E-state index contributed by atoms with van der Waals surface area (Å²) < 4.78 is 5.00. The number of amides is 2. The van der Waals surface area contributed by atoms with Gasteiger partial charge >= 0.3 is 0 Å². The van der Waals surface area contributed by atoms with Crippen LogP contribution in [0.2, 0.25) is 0 Å². The first-order chi connectivity index (χ1) is 7.67. The van der Waals surface area contributed by atoms with E-state index in [0.717, 1.165) is 6.42 Å². The SMILES string of the molecule is COC(CN)CC(=O)NC1CCCNC1=O. The van der Waals surface area contributed by atoms with Crippen LogP contribution in [0, 0.1) is 0 Å². The van der Waals surface area contributed by atoms with Gasteiger partial charge in [-0.1, -0.05) is 0 Å². The van der Waals surface area contributed by atoms with Crippen molar-refractivity contribution in [1.29, 1.82) is 0 Å². The molecule has 0 aromatic heterocycles. The van der Waals surface area contributed by atoms with E-state index in [4.69, 9.17) is 10.5 Å². The molecule has 0 aromatic carbocycles. The number of carbonyl (C=O) groups excluding carboxylic acids is 2. The Bertz CT molecular complexity index is 254. The van der Waals surface area contributed by atoms with Crippen molar-refractivity contribution in [1.82, 2.24) is 10.6 Å². The second kappa shape index (κ2) is 6.44. The summed E-state index contributed by atoms with van der Waals surface area (Å²) >= 11 is 0. The monoisotopic (exact) mass is 229 g/mol. The maximum Gasteiger partial charge on any atom is 0.242 e. The first-order valence-corrected chi connectivity index (χ1v) is 5.47. The molecule has 1 heterocycles. The van der Waals surface area contributed by atoms with Gasteiger partial charge in [0, 0.05) is 20.2 Å². The lowest BCUT2D eigenvalue weighted by Gasteiger charge is -2.23. The van der Waals surface area contributed by atoms with Gasteiger partial charge in [-0.15, -0.1) is 0 Å². The van der Waals surface area contributed by atoms with E-state index in [-0.39, 0.29) is 24.3 Å². The second-order valence-electron chi connectivity index (χ2n) is 3.85. The number of hydrogen-bond acceptors (Lipinski definition) is 4. The van der Waals surface area contributed by atoms with Crippen molar-refractivity contribution in [3.05, 3.63) is 0 Å². The topological polar surface area (TPSA) is 93.4 Å². The van der Waals surface area contributed by atoms with Crippen LogP contribution in [0.3, 0.4) is 0 Å². The highest BCUT2D eigenvalue weighted by atomic mass is 16.5. The smallest absolute Gasteiger partial charge is 0.242 e. The van der Waals surface area contributed by atoms with Crippen molar-refractivity contribution in [2.45, 2.75) is 31.4 Å². The summed E-state index contributed by atoms with van der Waals surface area (Å²) in [5.74, 6) is -0.305. The van der Waals surface area contributed by atoms with E-state index in [0.29, 0.717) is 19.5 Å². The Labute approximate surface area is 94.9 Å². The molecular weight excluding hydrogens is 210 g/mol. The quantitative estimate of drug-likeness (QED) is 0.549. The Hall–Kier alpha value is -1.14. The van der Waals surface area contributed by atoms with Crippen LogP contribution in [0.15, 0.2) is 0 Å². The molecule has 6 nitrogen and oxygen atoms in total. The molecule has 6 heteroatoms. The van der Waals surface area contributed by atoms with Gasteiger partial charge in [-0.25, -0.2) is 0 Å². The van der Waals surface area contributed by atoms with E-state index < -0.39 is 6.04 Å². The van der Waals surface area contributed by atoms with Crippen LogP contribution in [-0.2, 0) is 14.3 Å². The minimum Gasteiger partial charge on any atom is -0.380 e. The molecule has 0 aromatic rings. The summed E-state index contributed by atoms with van der Waals surface area (Å²) in [6, 6.07) is -0.406. The predicted molar refractivity (Wildman–Crippen MR) is 58.6 cm³/mol. The molecule has 1 fully saturated rings. The normalized spacial score (nSPS) is 22.4. The van der Waals surface area contributed by atoms with Crippen molar-refractivity contribution in [2.24, 2.45) is 5.73 Å². The van der Waals surface area contributed by atoms with E-state index in [9.17, 15) is 9.59 Å². The molecule has 0 bridgehead atoms. The Morgan fingerprint density at radius 2 is 2.50 bits per heavy atom. The molecule has 2 amide bonds. The summed E-state index contributed by atoms with van der Waals surface area (Å²) in [6.45, 7) is 0.982. The fourth-order valence-corrected chi connectivity index (χ4v) is 1.63. The molecule has 16 heavy (non-hydrogen) atoms. The summed E-state index contributed by atoms with van der Waals surface area (Å²) in [4.78, 5) is 22.9. The lowest BCUT2D eigenvalue weighted by atomic mass is 10.1. The number of rotatable bonds is 5. The molecule has 2 unspecified atom stereocenters. The molecule has 4 N–H and O–H groups in total. The van der Waals surface area contributed by atoms with Gasteiger partial charge in [-0.2, -0.15) is 0 Å². The Balaban J connectivity index is 2.35. The minimum absolute atomic E-state index is 0.110. The number of nitrogens with one attached hydrogen (secondary N) is 2. The summed E-state index contributed by atoms with van der Waals surface area (Å²) in [6.07, 6.45) is 1.49. The molecule has 92 valence electrons. The van der Waals surface area contributed by atoms with E-state index in [1.807, 2.05) is 0 Å². The van der Waals surface area contributed by atoms with E-state index in [1.165, 1.54) is 7.11 Å². The standard InChI is InChI=1S/C10H19N3O3/c1-16-7(6-11)5-9(14)13-8-3-2-4-12-10(8)15/h7-8H,2-6,11H2,1H3,(H,12,15)(H,13,14). The number of piperidine rings is 1. The van der Waals surface area contributed by atoms with Gasteiger partial charge in [-0.3, -0.25) is 9.59 Å². The zero-order valence-electron chi connectivity index (χ0n) is 9.49. The molecule has 1 saturated heterocycles. The Morgan fingerprint density at radius 1 is 1.75 bits per heavy atom. The average molecular weight is 229 g/mol. The molecule has 1 aliphatic heterocycles. The van der Waals surface area contributed by atoms with Gasteiger partial charge in [0.05, 0.1) is 12.5 Å². The van der Waals surface area contributed by atoms with E-state index in [2.05, 4.69) is 10.6 Å². The number of ether oxygens (including phenoxy) is 1. The van der Waals surface area contributed by atoms with Crippen LogP contribution in [0.25, 0.3) is 0 Å². The fourth-order valence-electron chi connectivity index (χ4n) is 1.63. The highest BCUT2D eigenvalue weighted by molar-refractivity contribution is 5.88. The van der Waals surface area contributed by atoms with Crippen molar-refractivity contribution in [2.75, 3.05) is 20.2 Å². The second-order valence-corrected chi connectivity index (χ2v) is 3.85. The van der Waals surface area contributed by atoms with Crippen LogP contribution in [0.1, 0.15) is 19.3 Å². The zero-order valence-corrected chi connectivity index (χ0v) is 9.49. The third-order valence-corrected chi connectivity index (χ3v) is 2.63. The Kier molecular flexibility index (Phi) is 5.21. The molecule has 1 rings (SSSR count). The largest absolute Gasteiger partial charge is 0.380 e. The van der Waals surface area contributed by atoms with Crippen molar-refractivity contribution < 1.29 is 14.3 Å². The van der Waals surface area contributed by atoms with Gasteiger partial charge < -0.3 is 21.1 Å². The van der Waals surface area contributed by atoms with Gasteiger partial charge in [-0.05, 0) is 12.8 Å². The van der Waals surface area contributed by atoms with E-state index >= 15 is 0 Å². The highest BCUT2D eigenvalue weighted by Gasteiger charge is 2.24. The third kappa shape index (κ3) is 3.79. The summed E-state index contributed by atoms with van der Waals surface area (Å²) in [7, 11) is 1.51. The molecule has 0 aliphatic carbocycles. The van der Waals surface area contributed by atoms with Crippen molar-refractivity contribution in [3.8, 4) is 0 Å². The molecule has 2 atom stereocenters. The minimum atomic E-state index is -0.406. The zero-order chi connectivity index (χ0) is 12.0. The first-order valence-electron chi connectivity index (χ1n) is 5.47. The molecule has 0 spiro atoms. The maximum absolute atomic E-state index is 11.6. The van der Waals surface area contributed by atoms with Crippen LogP contribution < -0.4 is 16.4 Å². The summed E-state index contributed by atoms with van der Waals surface area (Å²) in [5.41, 5.74) is 5.41. The molecular formula is C10H19N3O3. The molecule has 0 radical (unpaired) electrons. The van der Waals surface area contributed by atoms with Crippen LogP contribution in [-0.4, -0.2) is 44.2 Å². The van der Waals surface area contributed by atoms with E-state index in [1.54, 1.807) is 0 Å². The third-order valence-electron chi connectivity index (χ3n) is 2.63. The average Bonchev–Trinajstić information content (AvgIpc) is 2.29. The van der Waals surface area contributed by atoms with Gasteiger partial charge in [0.25, 0.3) is 0 Å². The number of hydrogen-bond donors (Lipinski definition) is 3. The lowest BCUT2D eigenvalue weighted by molar-refractivity contribution is -0.131. The van der Waals surface area contributed by atoms with Crippen LogP contribution in [0.4, 0.5) is 0 Å². The Morgan fingerprint density at radius 3 is 3.06 bits per heavy atom. The van der Waals surface area contributed by atoms with Gasteiger partial charge in [0.1, 0.15) is 6.04 Å². The van der Waals surface area contributed by atoms with Crippen LogP contribution >= 0.6 is 0 Å². The maximum atomic E-state index is 11.6. The van der Waals surface area contributed by atoms with Gasteiger partial charge in [0.15, 0.2) is 0 Å². The number of methoxy groups -OCH3 is 1. The van der Waals surface area contributed by atoms with Crippen LogP contribution in [0.5, 0.6) is 0 Å². The number of nitrogens with two attached hydrogens (primary N) is 1. The highest BCUT2D eigenvalue weighted by Crippen LogP contribution is 2.04. The molecule has 0 saturated carbocycles. The van der Waals surface area contributed by atoms with Gasteiger partial charge in [0.2, 0.25) is 11.8 Å². The van der Waals surface area contributed by atoms with Crippen molar-refractivity contribution >= 4 is 11.8 Å². The summed E-state index contributed by atoms with van der Waals surface area (Å²) in [5, 5.41) is 5.39. The number of carbonyl (C=O) groups is 2.